The number of benzene rings is 1. The Morgan fingerprint density at radius 1 is 1.36 bits per heavy atom. The Morgan fingerprint density at radius 3 is 2.60 bits per heavy atom. The van der Waals surface area contributed by atoms with Crippen LogP contribution in [0, 0.1) is 0 Å². The number of carboxylic acid groups (broad SMARTS) is 1. The van der Waals surface area contributed by atoms with Crippen LogP contribution in [0.4, 0.5) is 0 Å². The predicted octanol–water partition coefficient (Wildman–Crippen LogP) is -0.540. The molecule has 132 valence electrons. The van der Waals surface area contributed by atoms with Crippen LogP contribution in [-0.2, 0) is 25.2 Å². The number of nitrogens with one attached hydrogen (secondary N) is 1. The van der Waals surface area contributed by atoms with Gasteiger partial charge in [-0.3, -0.25) is 18.7 Å². The molecule has 1 aromatic carbocycles. The van der Waals surface area contributed by atoms with E-state index in [-0.39, 0.29) is 11.4 Å². The van der Waals surface area contributed by atoms with Crippen LogP contribution < -0.4 is 11.1 Å². The number of carboxylic acids is 1. The molecule has 4 atom stereocenters. The number of carbonyl (C=O) groups is 3. The number of carbonyl (C=O) groups excluding carboxylic acids is 2. The van der Waals surface area contributed by atoms with Crippen molar-refractivity contribution in [3.8, 4) is 0 Å². The molecule has 25 heavy (non-hydrogen) atoms. The highest BCUT2D eigenvalue weighted by molar-refractivity contribution is 7.86. The average Bonchev–Trinajstić information content (AvgIpc) is 2.58. The van der Waals surface area contributed by atoms with Gasteiger partial charge in [-0.05, 0) is 18.1 Å². The second-order valence-corrected chi connectivity index (χ2v) is 7.47. The zero-order chi connectivity index (χ0) is 18.3. The maximum Gasteiger partial charge on any atom is 0.352 e. The van der Waals surface area contributed by atoms with Gasteiger partial charge in [-0.2, -0.15) is 0 Å². The van der Waals surface area contributed by atoms with Crippen molar-refractivity contribution in [1.82, 2.24) is 10.2 Å². The molecule has 2 aliphatic heterocycles. The van der Waals surface area contributed by atoms with Crippen molar-refractivity contribution < 1.29 is 23.7 Å². The average molecular weight is 363 g/mol. The molecule has 8 nitrogen and oxygen atoms in total. The number of nitrogens with zero attached hydrogens (tertiary/aromatic N) is 1. The molecule has 2 aliphatic rings. The van der Waals surface area contributed by atoms with Gasteiger partial charge in [-0.15, -0.1) is 0 Å². The van der Waals surface area contributed by atoms with Gasteiger partial charge in [0.15, 0.2) is 0 Å². The number of fused-ring (bicyclic) bond motifs is 1. The van der Waals surface area contributed by atoms with E-state index in [2.05, 4.69) is 5.32 Å². The number of nitrogens with two attached hydrogens (primary N) is 1. The lowest BCUT2D eigenvalue weighted by molar-refractivity contribution is -0.151. The monoisotopic (exact) mass is 363 g/mol. The van der Waals surface area contributed by atoms with Gasteiger partial charge < -0.3 is 16.2 Å². The van der Waals surface area contributed by atoms with Gasteiger partial charge in [-0.1, -0.05) is 30.3 Å². The van der Waals surface area contributed by atoms with Crippen molar-refractivity contribution in [3.63, 3.8) is 0 Å². The molecule has 0 radical (unpaired) electrons. The minimum Gasteiger partial charge on any atom is -0.477 e. The third-order valence-corrected chi connectivity index (χ3v) is 6.00. The molecule has 9 heteroatoms. The summed E-state index contributed by atoms with van der Waals surface area (Å²) in [4.78, 5) is 37.0. The lowest BCUT2D eigenvalue weighted by atomic mass is 10.0. The second kappa shape index (κ2) is 6.41. The standard InChI is InChI=1S/C16H17N3O5S/c1-8-7-25(24)15-11(14(21)19(15)12(8)16(22)23)18-13(20)10(17)9-5-3-2-4-6-9/h2-6,10-11,15H,7,17H2,1H3,(H,18,20)(H,22,23)/t10-,11-,15-,25-/m1/s1. The van der Waals surface area contributed by atoms with E-state index in [9.17, 15) is 23.7 Å². The lowest BCUT2D eigenvalue weighted by Gasteiger charge is -2.49. The molecule has 2 heterocycles. The maximum absolute atomic E-state index is 12.3. The van der Waals surface area contributed by atoms with E-state index in [0.29, 0.717) is 11.1 Å². The van der Waals surface area contributed by atoms with E-state index < -0.39 is 46.0 Å². The van der Waals surface area contributed by atoms with Crippen molar-refractivity contribution in [2.45, 2.75) is 24.4 Å². The highest BCUT2D eigenvalue weighted by Crippen LogP contribution is 2.34. The molecule has 1 fully saturated rings. The van der Waals surface area contributed by atoms with E-state index in [1.54, 1.807) is 30.3 Å². The molecule has 1 saturated heterocycles. The second-order valence-electron chi connectivity index (χ2n) is 5.93. The number of amides is 2. The number of aliphatic carboxylic acids is 1. The Labute approximate surface area is 146 Å². The van der Waals surface area contributed by atoms with Crippen LogP contribution in [0.2, 0.25) is 0 Å². The SMILES string of the molecule is CC1=C(C(=O)O)N2C(=O)[C@@H](NC(=O)[C@H](N)c3ccccc3)[C@H]2[S@](=O)C1. The summed E-state index contributed by atoms with van der Waals surface area (Å²) in [5.41, 5.74) is 6.69. The molecule has 0 aliphatic carbocycles. The number of β-lactam (4-membered cyclic amide) rings is 1. The summed E-state index contributed by atoms with van der Waals surface area (Å²) in [5.74, 6) is -2.38. The van der Waals surface area contributed by atoms with Gasteiger partial charge in [0.25, 0.3) is 5.91 Å². The molecule has 2 amide bonds. The van der Waals surface area contributed by atoms with Crippen LogP contribution in [0.25, 0.3) is 0 Å². The first-order valence-corrected chi connectivity index (χ1v) is 8.95. The summed E-state index contributed by atoms with van der Waals surface area (Å²) in [7, 11) is -1.49. The molecule has 0 aromatic heterocycles. The minimum atomic E-state index is -1.49. The normalized spacial score (nSPS) is 26.6. The van der Waals surface area contributed by atoms with E-state index >= 15 is 0 Å². The van der Waals surface area contributed by atoms with Crippen LogP contribution in [0.1, 0.15) is 18.5 Å². The topological polar surface area (TPSA) is 130 Å². The molecule has 1 aromatic rings. The van der Waals surface area contributed by atoms with Crippen molar-refractivity contribution in [2.75, 3.05) is 5.75 Å². The summed E-state index contributed by atoms with van der Waals surface area (Å²) >= 11 is 0. The largest absolute Gasteiger partial charge is 0.477 e. The molecule has 4 N–H and O–H groups in total. The molecule has 0 bridgehead atoms. The Kier molecular flexibility index (Phi) is 4.44. The van der Waals surface area contributed by atoms with Crippen molar-refractivity contribution in [1.29, 1.82) is 0 Å². The summed E-state index contributed by atoms with van der Waals surface area (Å²) in [6.45, 7) is 1.53. The van der Waals surface area contributed by atoms with Gasteiger partial charge >= 0.3 is 5.97 Å². The van der Waals surface area contributed by atoms with Gasteiger partial charge in [-0.25, -0.2) is 4.79 Å². The van der Waals surface area contributed by atoms with Crippen LogP contribution in [0.3, 0.4) is 0 Å². The Bertz CT molecular complexity index is 807. The van der Waals surface area contributed by atoms with Crippen LogP contribution in [0.15, 0.2) is 41.6 Å². The molecule has 0 unspecified atom stereocenters. The van der Waals surface area contributed by atoms with E-state index in [0.717, 1.165) is 4.90 Å². The quantitative estimate of drug-likeness (QED) is 0.616. The summed E-state index contributed by atoms with van der Waals surface area (Å²) < 4.78 is 12.3. The smallest absolute Gasteiger partial charge is 0.352 e. The predicted molar refractivity (Wildman–Crippen MR) is 89.3 cm³/mol. The zero-order valence-electron chi connectivity index (χ0n) is 13.3. The molecular formula is C16H17N3O5S. The van der Waals surface area contributed by atoms with E-state index in [4.69, 9.17) is 5.73 Å². The zero-order valence-corrected chi connectivity index (χ0v) is 14.2. The third-order valence-electron chi connectivity index (χ3n) is 4.26. The van der Waals surface area contributed by atoms with Gasteiger partial charge in [0, 0.05) is 5.75 Å². The maximum atomic E-state index is 12.3. The first kappa shape index (κ1) is 17.3. The van der Waals surface area contributed by atoms with Crippen molar-refractivity contribution in [3.05, 3.63) is 47.2 Å². The van der Waals surface area contributed by atoms with Gasteiger partial charge in [0.2, 0.25) is 5.91 Å². The number of hydrogen-bond acceptors (Lipinski definition) is 5. The molecule has 0 spiro atoms. The third kappa shape index (κ3) is 2.85. The Balaban J connectivity index is 1.78. The fourth-order valence-corrected chi connectivity index (χ4v) is 4.68. The van der Waals surface area contributed by atoms with E-state index in [1.807, 2.05) is 0 Å². The Morgan fingerprint density at radius 2 is 2.00 bits per heavy atom. The molecular weight excluding hydrogens is 346 g/mol. The molecule has 3 rings (SSSR count). The van der Waals surface area contributed by atoms with Crippen molar-refractivity contribution in [2.24, 2.45) is 5.73 Å². The first-order valence-electron chi connectivity index (χ1n) is 7.57. The highest BCUT2D eigenvalue weighted by Gasteiger charge is 2.56. The summed E-state index contributed by atoms with van der Waals surface area (Å²) in [5, 5.41) is 10.9. The fourth-order valence-electron chi connectivity index (χ4n) is 3.02. The highest BCUT2D eigenvalue weighted by atomic mass is 32.2. The fraction of sp³-hybridized carbons (Fsp3) is 0.312. The number of rotatable bonds is 4. The first-order chi connectivity index (χ1) is 11.8. The Hall–Kier alpha value is -2.52. The van der Waals surface area contributed by atoms with Crippen LogP contribution in [0.5, 0.6) is 0 Å². The minimum absolute atomic E-state index is 0.0488. The number of hydrogen-bond donors (Lipinski definition) is 3. The van der Waals surface area contributed by atoms with Gasteiger partial charge in [0.05, 0.1) is 10.8 Å². The lowest BCUT2D eigenvalue weighted by Crippen LogP contribution is -2.73. The summed E-state index contributed by atoms with van der Waals surface area (Å²) in [6, 6.07) is 6.62. The van der Waals surface area contributed by atoms with Crippen LogP contribution in [-0.4, -0.2) is 49.2 Å². The summed E-state index contributed by atoms with van der Waals surface area (Å²) in [6.07, 6.45) is 0. The molecule has 0 saturated carbocycles. The van der Waals surface area contributed by atoms with Crippen molar-refractivity contribution >= 4 is 28.6 Å². The van der Waals surface area contributed by atoms with Gasteiger partial charge in [0.1, 0.15) is 23.2 Å². The van der Waals surface area contributed by atoms with E-state index in [1.165, 1.54) is 6.92 Å². The van der Waals surface area contributed by atoms with Crippen LogP contribution >= 0.6 is 0 Å².